The molecule has 0 spiro atoms. The molecular weight excluding hydrogens is 308 g/mol. The number of benzene rings is 1. The van der Waals surface area contributed by atoms with Crippen LogP contribution < -0.4 is 15.8 Å². The molecule has 0 aliphatic heterocycles. The third-order valence-corrected chi connectivity index (χ3v) is 3.73. The normalized spacial score (nSPS) is 11.0. The lowest BCUT2D eigenvalue weighted by molar-refractivity contribution is 0.598. The summed E-state index contributed by atoms with van der Waals surface area (Å²) >= 11 is 5.15. The van der Waals surface area contributed by atoms with Crippen LogP contribution in [0.4, 0.5) is 11.5 Å². The first-order chi connectivity index (χ1) is 9.84. The first kappa shape index (κ1) is 15.4. The van der Waals surface area contributed by atoms with E-state index in [1.54, 1.807) is 18.3 Å². The van der Waals surface area contributed by atoms with Gasteiger partial charge in [0, 0.05) is 11.9 Å². The van der Waals surface area contributed by atoms with Gasteiger partial charge in [0.05, 0.1) is 4.90 Å². The van der Waals surface area contributed by atoms with Crippen molar-refractivity contribution in [3.05, 3.63) is 48.2 Å². The van der Waals surface area contributed by atoms with E-state index in [2.05, 4.69) is 15.6 Å². The molecule has 0 aliphatic rings. The number of aromatic nitrogens is 1. The SMILES string of the molecule is Cc1ccc(NC(=S)Nc2ccc(S(N)(=O)=O)cc2)nc1. The summed E-state index contributed by atoms with van der Waals surface area (Å²) in [6, 6.07) is 9.70. The molecule has 21 heavy (non-hydrogen) atoms. The quantitative estimate of drug-likeness (QED) is 0.746. The Morgan fingerprint density at radius 3 is 2.33 bits per heavy atom. The van der Waals surface area contributed by atoms with Crippen molar-refractivity contribution in [3.63, 3.8) is 0 Å². The first-order valence-corrected chi connectivity index (χ1v) is 7.93. The Labute approximate surface area is 128 Å². The number of primary sulfonamides is 1. The van der Waals surface area contributed by atoms with Crippen molar-refractivity contribution in [3.8, 4) is 0 Å². The van der Waals surface area contributed by atoms with Crippen LogP contribution in [0.2, 0.25) is 0 Å². The highest BCUT2D eigenvalue weighted by atomic mass is 32.2. The number of nitrogens with zero attached hydrogens (tertiary/aromatic N) is 1. The van der Waals surface area contributed by atoms with Gasteiger partial charge in [-0.25, -0.2) is 18.5 Å². The molecule has 0 aliphatic carbocycles. The second-order valence-electron chi connectivity index (χ2n) is 4.37. The van der Waals surface area contributed by atoms with Gasteiger partial charge in [0.1, 0.15) is 5.82 Å². The number of hydrogen-bond donors (Lipinski definition) is 3. The van der Waals surface area contributed by atoms with Crippen LogP contribution in [0, 0.1) is 6.92 Å². The van der Waals surface area contributed by atoms with Crippen LogP contribution in [0.15, 0.2) is 47.5 Å². The Kier molecular flexibility index (Phi) is 4.51. The zero-order valence-electron chi connectivity index (χ0n) is 11.2. The minimum Gasteiger partial charge on any atom is -0.332 e. The van der Waals surface area contributed by atoms with Crippen LogP contribution in [0.3, 0.4) is 0 Å². The summed E-state index contributed by atoms with van der Waals surface area (Å²) in [7, 11) is -3.69. The molecule has 1 aromatic carbocycles. The van der Waals surface area contributed by atoms with Crippen LogP contribution in [0.5, 0.6) is 0 Å². The number of rotatable bonds is 3. The predicted octanol–water partition coefficient (Wildman–Crippen LogP) is 1.85. The average Bonchev–Trinajstić information content (AvgIpc) is 2.41. The summed E-state index contributed by atoms with van der Waals surface area (Å²) in [5.41, 5.74) is 1.70. The fraction of sp³-hybridized carbons (Fsp3) is 0.0769. The highest BCUT2D eigenvalue weighted by Crippen LogP contribution is 2.13. The van der Waals surface area contributed by atoms with Gasteiger partial charge >= 0.3 is 0 Å². The maximum absolute atomic E-state index is 11.1. The monoisotopic (exact) mass is 322 g/mol. The number of hydrogen-bond acceptors (Lipinski definition) is 4. The molecule has 0 radical (unpaired) electrons. The zero-order valence-corrected chi connectivity index (χ0v) is 12.8. The average molecular weight is 322 g/mol. The molecule has 110 valence electrons. The molecule has 4 N–H and O–H groups in total. The Hall–Kier alpha value is -2.03. The van der Waals surface area contributed by atoms with Gasteiger partial charge in [-0.05, 0) is 55.0 Å². The number of anilines is 2. The van der Waals surface area contributed by atoms with E-state index < -0.39 is 10.0 Å². The fourth-order valence-electron chi connectivity index (χ4n) is 1.55. The minimum absolute atomic E-state index is 0.0483. The van der Waals surface area contributed by atoms with E-state index in [1.807, 2.05) is 19.1 Å². The summed E-state index contributed by atoms with van der Waals surface area (Å²) < 4.78 is 22.3. The largest absolute Gasteiger partial charge is 0.332 e. The number of sulfonamides is 1. The van der Waals surface area contributed by atoms with Crippen molar-refractivity contribution in [1.29, 1.82) is 0 Å². The van der Waals surface area contributed by atoms with E-state index in [1.165, 1.54) is 12.1 Å². The van der Waals surface area contributed by atoms with Crippen molar-refractivity contribution in [2.24, 2.45) is 5.14 Å². The Morgan fingerprint density at radius 2 is 1.81 bits per heavy atom. The second-order valence-corrected chi connectivity index (χ2v) is 6.34. The number of nitrogens with two attached hydrogens (primary N) is 1. The van der Waals surface area contributed by atoms with Gasteiger partial charge < -0.3 is 10.6 Å². The molecule has 2 aromatic rings. The van der Waals surface area contributed by atoms with Crippen molar-refractivity contribution < 1.29 is 8.42 Å². The van der Waals surface area contributed by atoms with E-state index in [0.29, 0.717) is 16.6 Å². The minimum atomic E-state index is -3.69. The summed E-state index contributed by atoms with van der Waals surface area (Å²) in [5.74, 6) is 0.624. The molecule has 2 rings (SSSR count). The predicted molar refractivity (Wildman–Crippen MR) is 86.6 cm³/mol. The van der Waals surface area contributed by atoms with Gasteiger partial charge in [-0.2, -0.15) is 0 Å². The van der Waals surface area contributed by atoms with Gasteiger partial charge in [0.15, 0.2) is 5.11 Å². The molecule has 1 aromatic heterocycles. The van der Waals surface area contributed by atoms with Crippen LogP contribution in [-0.4, -0.2) is 18.5 Å². The summed E-state index contributed by atoms with van der Waals surface area (Å²) in [6.07, 6.45) is 1.73. The molecule has 8 heteroatoms. The molecular formula is C13H14N4O2S2. The third kappa shape index (κ3) is 4.48. The van der Waals surface area contributed by atoms with Gasteiger partial charge in [-0.3, -0.25) is 0 Å². The molecule has 0 saturated carbocycles. The molecule has 1 heterocycles. The standard InChI is InChI=1S/C13H14N4O2S2/c1-9-2-7-12(15-8-9)17-13(20)16-10-3-5-11(6-4-10)21(14,18)19/h2-8H,1H3,(H2,14,18,19)(H2,15,16,17,20). The van der Waals surface area contributed by atoms with Gasteiger partial charge in [0.2, 0.25) is 10.0 Å². The maximum atomic E-state index is 11.1. The second kappa shape index (κ2) is 6.17. The fourth-order valence-corrected chi connectivity index (χ4v) is 2.29. The topological polar surface area (TPSA) is 97.1 Å². The van der Waals surface area contributed by atoms with Crippen molar-refractivity contribution in [1.82, 2.24) is 4.98 Å². The molecule has 6 nitrogen and oxygen atoms in total. The molecule has 0 amide bonds. The van der Waals surface area contributed by atoms with Crippen LogP contribution >= 0.6 is 12.2 Å². The molecule has 0 saturated heterocycles. The van der Waals surface area contributed by atoms with E-state index in [0.717, 1.165) is 5.56 Å². The molecule has 0 unspecified atom stereocenters. The van der Waals surface area contributed by atoms with Gasteiger partial charge in [-0.1, -0.05) is 6.07 Å². The summed E-state index contributed by atoms with van der Waals surface area (Å²) in [4.78, 5) is 4.22. The Balaban J connectivity index is 2.01. The van der Waals surface area contributed by atoms with Crippen molar-refractivity contribution in [2.45, 2.75) is 11.8 Å². The first-order valence-electron chi connectivity index (χ1n) is 5.98. The lowest BCUT2D eigenvalue weighted by atomic mass is 10.3. The van der Waals surface area contributed by atoms with Crippen LogP contribution in [0.1, 0.15) is 5.56 Å². The number of pyridine rings is 1. The lowest BCUT2D eigenvalue weighted by Crippen LogP contribution is -2.19. The van der Waals surface area contributed by atoms with Crippen LogP contribution in [-0.2, 0) is 10.0 Å². The molecule has 0 fully saturated rings. The third-order valence-electron chi connectivity index (χ3n) is 2.59. The highest BCUT2D eigenvalue weighted by Gasteiger charge is 2.07. The van der Waals surface area contributed by atoms with Gasteiger partial charge in [-0.15, -0.1) is 0 Å². The van der Waals surface area contributed by atoms with E-state index in [9.17, 15) is 8.42 Å². The van der Waals surface area contributed by atoms with Gasteiger partial charge in [0.25, 0.3) is 0 Å². The van der Waals surface area contributed by atoms with Crippen molar-refractivity contribution in [2.75, 3.05) is 10.6 Å². The van der Waals surface area contributed by atoms with E-state index in [4.69, 9.17) is 17.4 Å². The number of nitrogens with one attached hydrogen (secondary N) is 2. The summed E-state index contributed by atoms with van der Waals surface area (Å²) in [5, 5.41) is 11.2. The highest BCUT2D eigenvalue weighted by molar-refractivity contribution is 7.89. The smallest absolute Gasteiger partial charge is 0.238 e. The number of aryl methyl sites for hydroxylation is 1. The molecule has 0 atom stereocenters. The van der Waals surface area contributed by atoms with E-state index >= 15 is 0 Å². The lowest BCUT2D eigenvalue weighted by Gasteiger charge is -2.10. The summed E-state index contributed by atoms with van der Waals surface area (Å²) in [6.45, 7) is 1.94. The Bertz CT molecular complexity index is 741. The number of thiocarbonyl (C=S) groups is 1. The zero-order chi connectivity index (χ0) is 15.5. The maximum Gasteiger partial charge on any atom is 0.238 e. The Morgan fingerprint density at radius 1 is 1.14 bits per heavy atom. The molecule has 0 bridgehead atoms. The van der Waals surface area contributed by atoms with Crippen molar-refractivity contribution >= 4 is 38.9 Å². The van der Waals surface area contributed by atoms with Crippen LogP contribution in [0.25, 0.3) is 0 Å². The van der Waals surface area contributed by atoms with E-state index in [-0.39, 0.29) is 4.90 Å².